The molecule has 1 aromatic rings. The molecule has 0 aliphatic heterocycles. The molecule has 0 radical (unpaired) electrons. The van der Waals surface area contributed by atoms with E-state index in [1.54, 1.807) is 0 Å². The van der Waals surface area contributed by atoms with E-state index in [0.717, 1.165) is 32.4 Å². The largest absolute Gasteiger partial charge is 0.353 e. The number of rotatable bonds is 7. The lowest BCUT2D eigenvalue weighted by Gasteiger charge is -2.06. The molecule has 0 heterocycles. The Hall–Kier alpha value is -1.35. The Morgan fingerprint density at radius 2 is 2.00 bits per heavy atom. The van der Waals surface area contributed by atoms with Gasteiger partial charge in [-0.05, 0) is 38.3 Å². The van der Waals surface area contributed by atoms with Crippen molar-refractivity contribution in [3.8, 4) is 0 Å². The monoisotopic (exact) mass is 246 g/mol. The van der Waals surface area contributed by atoms with Gasteiger partial charge in [0.15, 0.2) is 0 Å². The summed E-state index contributed by atoms with van der Waals surface area (Å²) in [5, 5.41) is 6.37. The molecular weight excluding hydrogens is 224 g/mol. The predicted octanol–water partition coefficient (Wildman–Crippen LogP) is 2.14. The first-order valence-corrected chi connectivity index (χ1v) is 6.79. The third-order valence-corrected chi connectivity index (χ3v) is 3.15. The van der Waals surface area contributed by atoms with Crippen LogP contribution in [0.15, 0.2) is 24.3 Å². The van der Waals surface area contributed by atoms with Gasteiger partial charge in [-0.3, -0.25) is 4.79 Å². The normalized spacial score (nSPS) is 14.5. The Morgan fingerprint density at radius 3 is 2.67 bits per heavy atom. The summed E-state index contributed by atoms with van der Waals surface area (Å²) < 4.78 is 0. The van der Waals surface area contributed by atoms with Crippen molar-refractivity contribution in [2.24, 2.45) is 0 Å². The van der Waals surface area contributed by atoms with Gasteiger partial charge in [0, 0.05) is 19.0 Å². The van der Waals surface area contributed by atoms with Crippen molar-refractivity contribution in [3.05, 3.63) is 35.4 Å². The molecule has 1 aliphatic rings. The molecule has 0 bridgehead atoms. The zero-order chi connectivity index (χ0) is 12.8. The van der Waals surface area contributed by atoms with Crippen LogP contribution in [-0.4, -0.2) is 18.5 Å². The van der Waals surface area contributed by atoms with Gasteiger partial charge in [-0.25, -0.2) is 0 Å². The van der Waals surface area contributed by atoms with Gasteiger partial charge in [0.2, 0.25) is 5.91 Å². The molecule has 1 aromatic carbocycles. The molecule has 98 valence electrons. The second-order valence-corrected chi connectivity index (χ2v) is 5.11. The lowest BCUT2D eigenvalue weighted by molar-refractivity contribution is -0.121. The molecule has 1 amide bonds. The quantitative estimate of drug-likeness (QED) is 0.724. The molecule has 2 N–H and O–H groups in total. The minimum Gasteiger partial charge on any atom is -0.353 e. The third-order valence-electron chi connectivity index (χ3n) is 3.15. The molecular formula is C15H22N2O. The van der Waals surface area contributed by atoms with Gasteiger partial charge in [0.25, 0.3) is 0 Å². The number of hydrogen-bond acceptors (Lipinski definition) is 2. The molecule has 0 spiro atoms. The van der Waals surface area contributed by atoms with Crippen LogP contribution in [0.5, 0.6) is 0 Å². The van der Waals surface area contributed by atoms with E-state index in [4.69, 9.17) is 0 Å². The van der Waals surface area contributed by atoms with E-state index in [1.165, 1.54) is 11.1 Å². The van der Waals surface area contributed by atoms with Crippen LogP contribution in [0.3, 0.4) is 0 Å². The zero-order valence-corrected chi connectivity index (χ0v) is 11.0. The number of benzene rings is 1. The van der Waals surface area contributed by atoms with Crippen molar-refractivity contribution >= 4 is 5.91 Å². The minimum atomic E-state index is 0.203. The number of carbonyl (C=O) groups excluding carboxylic acids is 1. The first kappa shape index (κ1) is 13.1. The summed E-state index contributed by atoms with van der Waals surface area (Å²) in [7, 11) is 0. The molecule has 1 aliphatic carbocycles. The highest BCUT2D eigenvalue weighted by Gasteiger charge is 2.22. The fourth-order valence-corrected chi connectivity index (χ4v) is 1.84. The summed E-state index contributed by atoms with van der Waals surface area (Å²) >= 11 is 0. The first-order valence-electron chi connectivity index (χ1n) is 6.79. The van der Waals surface area contributed by atoms with Crippen LogP contribution in [0.25, 0.3) is 0 Å². The number of carbonyl (C=O) groups is 1. The standard InChI is InChI=1S/C15H22N2O/c1-12-4-6-13(7-5-12)11-16-10-2-3-15(18)17-14-8-9-14/h4-7,14,16H,2-3,8-11H2,1H3,(H,17,18). The second kappa shape index (κ2) is 6.55. The van der Waals surface area contributed by atoms with E-state index in [0.29, 0.717) is 12.5 Å². The van der Waals surface area contributed by atoms with Crippen molar-refractivity contribution in [2.75, 3.05) is 6.54 Å². The lowest BCUT2D eigenvalue weighted by Crippen LogP contribution is -2.26. The van der Waals surface area contributed by atoms with E-state index >= 15 is 0 Å². The van der Waals surface area contributed by atoms with Crippen LogP contribution in [-0.2, 0) is 11.3 Å². The molecule has 3 nitrogen and oxygen atoms in total. The molecule has 0 unspecified atom stereocenters. The Kier molecular flexibility index (Phi) is 4.76. The van der Waals surface area contributed by atoms with E-state index in [1.807, 2.05) is 0 Å². The zero-order valence-electron chi connectivity index (χ0n) is 11.0. The van der Waals surface area contributed by atoms with Crippen LogP contribution in [0.4, 0.5) is 0 Å². The van der Waals surface area contributed by atoms with Gasteiger partial charge in [-0.2, -0.15) is 0 Å². The van der Waals surface area contributed by atoms with Gasteiger partial charge in [0.1, 0.15) is 0 Å². The van der Waals surface area contributed by atoms with Crippen molar-refractivity contribution in [1.82, 2.24) is 10.6 Å². The molecule has 2 rings (SSSR count). The number of aryl methyl sites for hydroxylation is 1. The fourth-order valence-electron chi connectivity index (χ4n) is 1.84. The number of amides is 1. The lowest BCUT2D eigenvalue weighted by atomic mass is 10.1. The molecule has 0 saturated heterocycles. The highest BCUT2D eigenvalue weighted by atomic mass is 16.1. The first-order chi connectivity index (χ1) is 8.74. The maximum atomic E-state index is 11.4. The summed E-state index contributed by atoms with van der Waals surface area (Å²) in [4.78, 5) is 11.4. The van der Waals surface area contributed by atoms with Crippen molar-refractivity contribution in [2.45, 2.75) is 45.2 Å². The Labute approximate surface area is 109 Å². The van der Waals surface area contributed by atoms with Crippen molar-refractivity contribution < 1.29 is 4.79 Å². The van der Waals surface area contributed by atoms with Crippen LogP contribution in [0.1, 0.15) is 36.8 Å². The fraction of sp³-hybridized carbons (Fsp3) is 0.533. The van der Waals surface area contributed by atoms with Crippen LogP contribution in [0, 0.1) is 6.92 Å². The molecule has 18 heavy (non-hydrogen) atoms. The van der Waals surface area contributed by atoms with E-state index < -0.39 is 0 Å². The SMILES string of the molecule is Cc1ccc(CNCCCC(=O)NC2CC2)cc1. The average molecular weight is 246 g/mol. The van der Waals surface area contributed by atoms with Crippen molar-refractivity contribution in [1.29, 1.82) is 0 Å². The second-order valence-electron chi connectivity index (χ2n) is 5.11. The Morgan fingerprint density at radius 1 is 1.28 bits per heavy atom. The highest BCUT2D eigenvalue weighted by Crippen LogP contribution is 2.18. The van der Waals surface area contributed by atoms with Crippen LogP contribution in [0.2, 0.25) is 0 Å². The molecule has 3 heteroatoms. The summed E-state index contributed by atoms with van der Waals surface area (Å²) in [6, 6.07) is 9.02. The van der Waals surface area contributed by atoms with Gasteiger partial charge >= 0.3 is 0 Å². The van der Waals surface area contributed by atoms with Gasteiger partial charge in [-0.15, -0.1) is 0 Å². The number of nitrogens with one attached hydrogen (secondary N) is 2. The smallest absolute Gasteiger partial charge is 0.220 e. The van der Waals surface area contributed by atoms with E-state index in [2.05, 4.69) is 41.8 Å². The maximum absolute atomic E-state index is 11.4. The number of hydrogen-bond donors (Lipinski definition) is 2. The summed E-state index contributed by atoms with van der Waals surface area (Å²) in [5.41, 5.74) is 2.58. The third kappa shape index (κ3) is 4.88. The maximum Gasteiger partial charge on any atom is 0.220 e. The van der Waals surface area contributed by atoms with Crippen molar-refractivity contribution in [3.63, 3.8) is 0 Å². The average Bonchev–Trinajstić information content (AvgIpc) is 3.15. The molecule has 0 aromatic heterocycles. The Balaban J connectivity index is 1.52. The molecule has 1 saturated carbocycles. The highest BCUT2D eigenvalue weighted by molar-refractivity contribution is 5.76. The molecule has 0 atom stereocenters. The van der Waals surface area contributed by atoms with Gasteiger partial charge in [0.05, 0.1) is 0 Å². The van der Waals surface area contributed by atoms with Gasteiger partial charge in [-0.1, -0.05) is 29.8 Å². The topological polar surface area (TPSA) is 41.1 Å². The summed E-state index contributed by atoms with van der Waals surface area (Å²) in [6.07, 6.45) is 3.87. The summed E-state index contributed by atoms with van der Waals surface area (Å²) in [6.45, 7) is 3.87. The van der Waals surface area contributed by atoms with E-state index in [-0.39, 0.29) is 5.91 Å². The minimum absolute atomic E-state index is 0.203. The summed E-state index contributed by atoms with van der Waals surface area (Å²) in [5.74, 6) is 0.203. The molecule has 1 fully saturated rings. The van der Waals surface area contributed by atoms with Crippen LogP contribution >= 0.6 is 0 Å². The van der Waals surface area contributed by atoms with Crippen LogP contribution < -0.4 is 10.6 Å². The van der Waals surface area contributed by atoms with E-state index in [9.17, 15) is 4.79 Å². The van der Waals surface area contributed by atoms with Gasteiger partial charge < -0.3 is 10.6 Å². The Bertz CT molecular complexity index is 382. The predicted molar refractivity (Wildman–Crippen MR) is 73.3 cm³/mol.